The molecule has 0 radical (unpaired) electrons. The van der Waals surface area contributed by atoms with Crippen LogP contribution in [0.3, 0.4) is 0 Å². The lowest BCUT2D eigenvalue weighted by Crippen LogP contribution is -2.57. The number of carbonyl (C=O) groups excluding carboxylic acids is 2. The molecule has 332 valence electrons. The van der Waals surface area contributed by atoms with Crippen molar-refractivity contribution in [1.82, 2.24) is 39.0 Å². The summed E-state index contributed by atoms with van der Waals surface area (Å²) in [7, 11) is 0. The van der Waals surface area contributed by atoms with E-state index in [0.717, 1.165) is 24.1 Å². The van der Waals surface area contributed by atoms with Crippen LogP contribution in [0, 0.1) is 11.8 Å². The Bertz CT molecular complexity index is 2500. The second-order valence-corrected chi connectivity index (χ2v) is 18.0. The average molecular weight is 857 g/mol. The van der Waals surface area contributed by atoms with Crippen LogP contribution in [0.25, 0.3) is 33.8 Å². The number of rotatable bonds is 8. The maximum absolute atomic E-state index is 13.1. The van der Waals surface area contributed by atoms with Crippen molar-refractivity contribution in [3.05, 3.63) is 116 Å². The fourth-order valence-corrected chi connectivity index (χ4v) is 10.2. The Morgan fingerprint density at radius 3 is 1.40 bits per heavy atom. The number of likely N-dealkylation sites (tertiary alicyclic amines) is 2. The molecule has 63 heavy (non-hydrogen) atoms. The van der Waals surface area contributed by atoms with Crippen LogP contribution >= 0.6 is 0 Å². The van der Waals surface area contributed by atoms with E-state index in [-0.39, 0.29) is 48.4 Å². The van der Waals surface area contributed by atoms with Crippen LogP contribution in [0.1, 0.15) is 143 Å². The van der Waals surface area contributed by atoms with E-state index in [2.05, 4.69) is 65.4 Å². The Labute approximate surface area is 367 Å². The van der Waals surface area contributed by atoms with Gasteiger partial charge in [-0.1, -0.05) is 101 Å². The molecular weight excluding hydrogens is 796 g/mol. The van der Waals surface area contributed by atoms with Crippen LogP contribution in [0.2, 0.25) is 0 Å². The summed E-state index contributed by atoms with van der Waals surface area (Å²) in [5.41, 5.74) is 6.65. The second-order valence-electron chi connectivity index (χ2n) is 18.0. The lowest BCUT2D eigenvalue weighted by atomic mass is 9.84. The highest BCUT2D eigenvalue weighted by Gasteiger charge is 2.40. The average Bonchev–Trinajstić information content (AvgIpc) is 3.95. The predicted molar refractivity (Wildman–Crippen MR) is 245 cm³/mol. The van der Waals surface area contributed by atoms with E-state index >= 15 is 0 Å². The van der Waals surface area contributed by atoms with Crippen molar-refractivity contribution < 1.29 is 14.0 Å². The Morgan fingerprint density at radius 1 is 0.635 bits per heavy atom. The maximum Gasteiger partial charge on any atom is 0.273 e. The van der Waals surface area contributed by atoms with Gasteiger partial charge in [-0.15, -0.1) is 0 Å². The van der Waals surface area contributed by atoms with Crippen LogP contribution in [0.15, 0.2) is 82.6 Å². The summed E-state index contributed by atoms with van der Waals surface area (Å²) in [5, 5.41) is 5.74. The van der Waals surface area contributed by atoms with Crippen molar-refractivity contribution >= 4 is 23.1 Å². The molecule has 4 atom stereocenters. The van der Waals surface area contributed by atoms with E-state index in [9.17, 15) is 23.6 Å². The van der Waals surface area contributed by atoms with Gasteiger partial charge in [-0.2, -0.15) is 0 Å². The number of hydrogen-bond donors (Lipinski definition) is 2. The molecule has 0 bridgehead atoms. The summed E-state index contributed by atoms with van der Waals surface area (Å²) in [4.78, 5) is 64.3. The Hall–Kier alpha value is -5.85. The zero-order valence-electron chi connectivity index (χ0n) is 36.0. The van der Waals surface area contributed by atoms with Gasteiger partial charge in [-0.3, -0.25) is 33.8 Å². The summed E-state index contributed by atoms with van der Waals surface area (Å²) in [5.74, 6) is 1.39. The smallest absolute Gasteiger partial charge is 0.273 e. The molecule has 2 saturated carbocycles. The Morgan fingerprint density at radius 2 is 1.03 bits per heavy atom. The molecule has 2 aromatic carbocycles. The molecule has 2 amide bonds. The van der Waals surface area contributed by atoms with Gasteiger partial charge in [0.15, 0.2) is 11.3 Å². The summed E-state index contributed by atoms with van der Waals surface area (Å²) in [6.45, 7) is 6.81. The van der Waals surface area contributed by atoms with E-state index in [4.69, 9.17) is 4.98 Å². The summed E-state index contributed by atoms with van der Waals surface area (Å²) >= 11 is 0. The summed E-state index contributed by atoms with van der Waals surface area (Å²) in [6.07, 6.45) is 17.0. The molecule has 0 unspecified atom stereocenters. The van der Waals surface area contributed by atoms with Crippen LogP contribution < -0.4 is 11.1 Å². The molecule has 2 N–H and O–H groups in total. The molecule has 6 aromatic rings. The van der Waals surface area contributed by atoms with E-state index in [1.165, 1.54) is 103 Å². The van der Waals surface area contributed by atoms with Crippen molar-refractivity contribution in [2.75, 3.05) is 19.8 Å². The number of carbonyl (C=O) groups is 2. The minimum absolute atomic E-state index is 0. The predicted octanol–water partition coefficient (Wildman–Crippen LogP) is 9.41. The van der Waals surface area contributed by atoms with Crippen LogP contribution in [0.5, 0.6) is 0 Å². The monoisotopic (exact) mass is 856 g/mol. The quantitative estimate of drug-likeness (QED) is 0.156. The van der Waals surface area contributed by atoms with E-state index in [0.29, 0.717) is 58.1 Å². The normalized spacial score (nSPS) is 21.6. The number of halogens is 1. The zero-order chi connectivity index (χ0) is 43.1. The molecule has 4 aliphatic rings. The highest BCUT2D eigenvalue weighted by molar-refractivity contribution is 6.01. The largest absolute Gasteiger partial charge is 0.335 e. The van der Waals surface area contributed by atoms with Crippen molar-refractivity contribution in [1.29, 1.82) is 0 Å². The molecular formula is C50H61FN8O4. The second kappa shape index (κ2) is 18.5. The number of fused-ring (bicyclic) bond motifs is 2. The van der Waals surface area contributed by atoms with Gasteiger partial charge in [0.2, 0.25) is 0 Å². The minimum atomic E-state index is -0.433. The first-order valence-corrected chi connectivity index (χ1v) is 22.7. The molecule has 4 aromatic heterocycles. The van der Waals surface area contributed by atoms with Gasteiger partial charge in [0.25, 0.3) is 22.9 Å². The number of alkyl halides is 1. The molecule has 12 nitrogen and oxygen atoms in total. The molecule has 4 fully saturated rings. The third kappa shape index (κ3) is 8.38. The lowest BCUT2D eigenvalue weighted by Gasteiger charge is -2.46. The maximum atomic E-state index is 13.1. The number of amides is 2. The van der Waals surface area contributed by atoms with E-state index in [1.807, 2.05) is 24.0 Å². The van der Waals surface area contributed by atoms with Gasteiger partial charge < -0.3 is 9.80 Å². The lowest BCUT2D eigenvalue weighted by molar-refractivity contribution is 0.0141. The van der Waals surface area contributed by atoms with Gasteiger partial charge in [0.1, 0.15) is 11.1 Å². The molecule has 2 aliphatic carbocycles. The van der Waals surface area contributed by atoms with E-state index in [1.54, 1.807) is 11.1 Å². The molecule has 10 rings (SSSR count). The Kier molecular flexibility index (Phi) is 12.8. The third-order valence-corrected chi connectivity index (χ3v) is 14.5. The fourth-order valence-electron chi connectivity index (χ4n) is 10.2. The highest BCUT2D eigenvalue weighted by Crippen LogP contribution is 2.36. The molecule has 2 aliphatic heterocycles. The van der Waals surface area contributed by atoms with Crippen LogP contribution in [0.4, 0.5) is 4.39 Å². The number of nitrogens with zero attached hydrogens (tertiary/aromatic N) is 6. The standard InChI is InChI=1S/C25H30N4O2.C24H27FN4O2.CH4/c1-3-17-15-28(16(17)2)25(31)21-14-26-29-23(30)13-22(27-24(21)29)20-11-9-19(10-12-20)18-7-5-4-6-8-18;1-15-19(12-25)14-28(15)24(31)20-13-26-29-22(30)11-21(27-23(20)29)18-9-7-17(8-10-18)16-5-3-2-4-6-16;/h9-14,16-18,26H,3-8,15H2,1-2H3;7-11,13,15-16,19,26H,2-6,12,14H2,1H3;1H4/t16-,17-;15-,19-;/m01./s1. The number of benzene rings is 2. The van der Waals surface area contributed by atoms with Gasteiger partial charge in [-0.05, 0) is 74.8 Å². The Balaban J connectivity index is 0.000000170. The first-order chi connectivity index (χ1) is 30.1. The molecule has 2 saturated heterocycles. The minimum Gasteiger partial charge on any atom is -0.335 e. The SMILES string of the molecule is C.CC[C@H]1CN(C(=O)c2c[nH]n3c(=O)cc(-c4ccc(C5CCCCC5)cc4)nc23)[C@H]1C.C[C@@H]1[C@H](CF)CN1C(=O)c1c[nH]n2c(=O)cc(-c3ccc(C4CCCCC4)cc3)nc12. The summed E-state index contributed by atoms with van der Waals surface area (Å²) in [6, 6.07) is 19.8. The first-order valence-electron chi connectivity index (χ1n) is 22.7. The van der Waals surface area contributed by atoms with Crippen molar-refractivity contribution in [2.24, 2.45) is 11.8 Å². The molecule has 6 heterocycles. The fraction of sp³-hybridized carbons (Fsp3) is 0.480. The van der Waals surface area contributed by atoms with Gasteiger partial charge in [0.05, 0.1) is 18.1 Å². The van der Waals surface area contributed by atoms with Crippen LogP contribution in [-0.4, -0.2) is 82.7 Å². The van der Waals surface area contributed by atoms with Gasteiger partial charge >= 0.3 is 0 Å². The van der Waals surface area contributed by atoms with Crippen molar-refractivity contribution in [3.8, 4) is 22.5 Å². The number of aromatic amines is 2. The summed E-state index contributed by atoms with van der Waals surface area (Å²) < 4.78 is 15.6. The molecule has 13 heteroatoms. The van der Waals surface area contributed by atoms with E-state index < -0.39 is 6.67 Å². The highest BCUT2D eigenvalue weighted by atomic mass is 19.1. The number of aromatic nitrogens is 6. The third-order valence-electron chi connectivity index (χ3n) is 14.5. The number of H-pyrrole nitrogens is 2. The van der Waals surface area contributed by atoms with Crippen LogP contribution in [-0.2, 0) is 0 Å². The van der Waals surface area contributed by atoms with Gasteiger partial charge in [0, 0.05) is 66.7 Å². The first kappa shape index (κ1) is 43.8. The van der Waals surface area contributed by atoms with Gasteiger partial charge in [-0.25, -0.2) is 19.0 Å². The molecule has 0 spiro atoms. The van der Waals surface area contributed by atoms with Crippen molar-refractivity contribution in [3.63, 3.8) is 0 Å². The zero-order valence-corrected chi connectivity index (χ0v) is 36.0. The van der Waals surface area contributed by atoms with Crippen molar-refractivity contribution in [2.45, 2.75) is 123 Å². The number of hydrogen-bond acceptors (Lipinski definition) is 6. The number of nitrogens with one attached hydrogen (secondary N) is 2. The topological polar surface area (TPSA) is 141 Å².